The molecule has 1 aliphatic heterocycles. The number of hydrogen-bond donors (Lipinski definition) is 1. The predicted molar refractivity (Wildman–Crippen MR) is 55.8 cm³/mol. The average molecular weight is 223 g/mol. The van der Waals surface area contributed by atoms with E-state index >= 15 is 0 Å². The Labute approximate surface area is 93.0 Å². The van der Waals surface area contributed by atoms with Crippen molar-refractivity contribution >= 4 is 11.8 Å². The summed E-state index contributed by atoms with van der Waals surface area (Å²) in [7, 11) is 0. The molecule has 0 radical (unpaired) electrons. The number of nitrogens with zero attached hydrogens (tertiary/aromatic N) is 1. The largest absolute Gasteiger partial charge is 0.480 e. The monoisotopic (exact) mass is 223 g/mol. The molecule has 0 amide bonds. The number of hydrogen-bond acceptors (Lipinski definition) is 4. The van der Waals surface area contributed by atoms with Crippen molar-refractivity contribution in [3.05, 3.63) is 23.8 Å². The fourth-order valence-corrected chi connectivity index (χ4v) is 1.90. The Hall–Kier alpha value is -1.46. The summed E-state index contributed by atoms with van der Waals surface area (Å²) in [6, 6.07) is 0. The fourth-order valence-electron chi connectivity index (χ4n) is 1.90. The van der Waals surface area contributed by atoms with Gasteiger partial charge in [0.15, 0.2) is 5.78 Å². The first-order chi connectivity index (χ1) is 7.68. The van der Waals surface area contributed by atoms with E-state index in [1.165, 1.54) is 0 Å². The normalized spacial score (nSPS) is 25.9. The van der Waals surface area contributed by atoms with Crippen LogP contribution >= 0.6 is 0 Å². The van der Waals surface area contributed by atoms with Gasteiger partial charge in [0.05, 0.1) is 13.2 Å². The molecule has 5 heteroatoms. The lowest BCUT2D eigenvalue weighted by molar-refractivity contribution is -0.139. The van der Waals surface area contributed by atoms with E-state index < -0.39 is 12.2 Å². The van der Waals surface area contributed by atoms with E-state index in [-0.39, 0.29) is 12.3 Å². The van der Waals surface area contributed by atoms with Crippen LogP contribution in [0.25, 0.3) is 0 Å². The number of rotatable bonds is 3. The maximum atomic E-state index is 11.6. The predicted octanol–water partition coefficient (Wildman–Crippen LogP) is 0.185. The minimum Gasteiger partial charge on any atom is -0.480 e. The summed E-state index contributed by atoms with van der Waals surface area (Å²) in [5.74, 6) is -0.903. The van der Waals surface area contributed by atoms with Crippen molar-refractivity contribution in [1.82, 2.24) is 4.90 Å². The summed E-state index contributed by atoms with van der Waals surface area (Å²) in [5, 5.41) is 8.74. The van der Waals surface area contributed by atoms with Gasteiger partial charge in [-0.15, -0.1) is 0 Å². The molecule has 1 aliphatic carbocycles. The lowest BCUT2D eigenvalue weighted by Gasteiger charge is -2.23. The number of ether oxygens (including phenoxy) is 1. The molecule has 0 aromatic carbocycles. The van der Waals surface area contributed by atoms with Crippen LogP contribution in [0.1, 0.15) is 6.42 Å². The standard InChI is InChI=1S/C11H13NO4/c13-9-4-2-1-3-8(9)11-12(5-6-16-11)7-10(14)15/h1-3,11H,4-7H2,(H,14,15). The average Bonchev–Trinajstić information content (AvgIpc) is 2.66. The lowest BCUT2D eigenvalue weighted by Crippen LogP contribution is -2.38. The van der Waals surface area contributed by atoms with Crippen LogP contribution in [0.5, 0.6) is 0 Å². The maximum absolute atomic E-state index is 11.6. The Morgan fingerprint density at radius 1 is 1.62 bits per heavy atom. The van der Waals surface area contributed by atoms with Gasteiger partial charge in [-0.25, -0.2) is 0 Å². The van der Waals surface area contributed by atoms with Crippen molar-refractivity contribution in [2.45, 2.75) is 12.6 Å². The Morgan fingerprint density at radius 3 is 3.12 bits per heavy atom. The summed E-state index contributed by atoms with van der Waals surface area (Å²) < 4.78 is 5.42. The number of aliphatic carboxylic acids is 1. The zero-order valence-electron chi connectivity index (χ0n) is 8.76. The van der Waals surface area contributed by atoms with Crippen LogP contribution in [0.2, 0.25) is 0 Å². The molecule has 0 aromatic rings. The van der Waals surface area contributed by atoms with Crippen molar-refractivity contribution in [3.8, 4) is 0 Å². The Bertz CT molecular complexity index is 372. The first-order valence-corrected chi connectivity index (χ1v) is 5.16. The Kier molecular flexibility index (Phi) is 3.17. The molecule has 0 aromatic heterocycles. The highest BCUT2D eigenvalue weighted by Gasteiger charge is 2.33. The van der Waals surface area contributed by atoms with Crippen LogP contribution in [0.4, 0.5) is 0 Å². The van der Waals surface area contributed by atoms with E-state index in [0.29, 0.717) is 25.1 Å². The van der Waals surface area contributed by atoms with Gasteiger partial charge in [-0.3, -0.25) is 14.5 Å². The molecular weight excluding hydrogens is 210 g/mol. The fraction of sp³-hybridized carbons (Fsp3) is 0.455. The molecule has 2 aliphatic rings. The van der Waals surface area contributed by atoms with Gasteiger partial charge in [0, 0.05) is 18.5 Å². The van der Waals surface area contributed by atoms with Crippen molar-refractivity contribution in [1.29, 1.82) is 0 Å². The zero-order chi connectivity index (χ0) is 11.5. The molecule has 1 atom stereocenters. The molecule has 0 saturated carbocycles. The summed E-state index contributed by atoms with van der Waals surface area (Å²) in [6.07, 6.45) is 5.16. The van der Waals surface area contributed by atoms with E-state index in [0.717, 1.165) is 0 Å². The molecule has 1 fully saturated rings. The summed E-state index contributed by atoms with van der Waals surface area (Å²) >= 11 is 0. The van der Waals surface area contributed by atoms with Gasteiger partial charge in [-0.1, -0.05) is 18.2 Å². The van der Waals surface area contributed by atoms with Gasteiger partial charge in [-0.05, 0) is 0 Å². The van der Waals surface area contributed by atoms with Crippen molar-refractivity contribution in [3.63, 3.8) is 0 Å². The van der Waals surface area contributed by atoms with Crippen LogP contribution in [0, 0.1) is 0 Å². The first-order valence-electron chi connectivity index (χ1n) is 5.16. The van der Waals surface area contributed by atoms with Gasteiger partial charge < -0.3 is 9.84 Å². The third-order valence-electron chi connectivity index (χ3n) is 2.63. The molecule has 1 N–H and O–H groups in total. The Morgan fingerprint density at radius 2 is 2.44 bits per heavy atom. The molecule has 1 heterocycles. The van der Waals surface area contributed by atoms with Crippen LogP contribution in [-0.2, 0) is 14.3 Å². The molecular formula is C11H13NO4. The van der Waals surface area contributed by atoms with Gasteiger partial charge in [0.25, 0.3) is 0 Å². The Balaban J connectivity index is 2.13. The lowest BCUT2D eigenvalue weighted by atomic mass is 10.0. The number of carboxylic acid groups (broad SMARTS) is 1. The second-order valence-electron chi connectivity index (χ2n) is 3.76. The molecule has 2 rings (SSSR count). The van der Waals surface area contributed by atoms with E-state index in [2.05, 4.69) is 0 Å². The van der Waals surface area contributed by atoms with E-state index in [1.54, 1.807) is 23.1 Å². The van der Waals surface area contributed by atoms with Crippen molar-refractivity contribution in [2.75, 3.05) is 19.7 Å². The van der Waals surface area contributed by atoms with Crippen LogP contribution in [0.15, 0.2) is 23.8 Å². The molecule has 16 heavy (non-hydrogen) atoms. The SMILES string of the molecule is O=C(O)CN1CCOC1C1=CC=CCC1=O. The van der Waals surface area contributed by atoms with Crippen LogP contribution < -0.4 is 0 Å². The van der Waals surface area contributed by atoms with Gasteiger partial charge in [-0.2, -0.15) is 0 Å². The third kappa shape index (κ3) is 2.20. The number of carboxylic acids is 1. The van der Waals surface area contributed by atoms with E-state index in [1.807, 2.05) is 0 Å². The number of Topliss-reactive ketones (excluding diaryl/α,β-unsaturated/α-hetero) is 1. The molecule has 1 unspecified atom stereocenters. The molecule has 1 saturated heterocycles. The van der Waals surface area contributed by atoms with Gasteiger partial charge in [0.1, 0.15) is 6.23 Å². The number of allylic oxidation sites excluding steroid dienone is 3. The molecule has 5 nitrogen and oxygen atoms in total. The maximum Gasteiger partial charge on any atom is 0.317 e. The van der Waals surface area contributed by atoms with Crippen molar-refractivity contribution < 1.29 is 19.4 Å². The zero-order valence-corrected chi connectivity index (χ0v) is 8.76. The highest BCUT2D eigenvalue weighted by Crippen LogP contribution is 2.21. The summed E-state index contributed by atoms with van der Waals surface area (Å²) in [5.41, 5.74) is 0.557. The summed E-state index contributed by atoms with van der Waals surface area (Å²) in [4.78, 5) is 23.9. The quantitative estimate of drug-likeness (QED) is 0.739. The molecule has 0 spiro atoms. The third-order valence-corrected chi connectivity index (χ3v) is 2.63. The minimum absolute atomic E-state index is 0.00443. The van der Waals surface area contributed by atoms with Gasteiger partial charge in [0.2, 0.25) is 0 Å². The first kappa shape index (κ1) is 11.0. The van der Waals surface area contributed by atoms with E-state index in [9.17, 15) is 9.59 Å². The second-order valence-corrected chi connectivity index (χ2v) is 3.76. The number of carbonyl (C=O) groups excluding carboxylic acids is 1. The topological polar surface area (TPSA) is 66.8 Å². The van der Waals surface area contributed by atoms with Crippen molar-refractivity contribution in [2.24, 2.45) is 0 Å². The highest BCUT2D eigenvalue weighted by atomic mass is 16.5. The van der Waals surface area contributed by atoms with Crippen LogP contribution in [0.3, 0.4) is 0 Å². The smallest absolute Gasteiger partial charge is 0.317 e. The molecule has 86 valence electrons. The van der Waals surface area contributed by atoms with Crippen LogP contribution in [-0.4, -0.2) is 47.7 Å². The second kappa shape index (κ2) is 4.59. The highest BCUT2D eigenvalue weighted by molar-refractivity contribution is 5.98. The number of carbonyl (C=O) groups is 2. The number of ketones is 1. The summed E-state index contributed by atoms with van der Waals surface area (Å²) in [6.45, 7) is 0.913. The van der Waals surface area contributed by atoms with E-state index in [4.69, 9.17) is 9.84 Å². The minimum atomic E-state index is -0.907. The van der Waals surface area contributed by atoms with Gasteiger partial charge >= 0.3 is 5.97 Å². The molecule has 0 bridgehead atoms.